The zero-order valence-electron chi connectivity index (χ0n) is 11.7. The van der Waals surface area contributed by atoms with Crippen molar-refractivity contribution in [2.75, 3.05) is 5.32 Å². The molecule has 2 aromatic rings. The normalized spacial score (nSPS) is 11.7. The molecule has 0 spiro atoms. The molecule has 1 N–H and O–H groups in total. The molecule has 0 aromatic carbocycles. The van der Waals surface area contributed by atoms with E-state index in [-0.39, 0.29) is 12.2 Å². The van der Waals surface area contributed by atoms with E-state index in [9.17, 15) is 18.0 Å². The van der Waals surface area contributed by atoms with E-state index >= 15 is 0 Å². The van der Waals surface area contributed by atoms with Crippen LogP contribution < -0.4 is 5.32 Å². The summed E-state index contributed by atoms with van der Waals surface area (Å²) in [5.41, 5.74) is -0.0229. The number of halogens is 3. The van der Waals surface area contributed by atoms with Crippen molar-refractivity contribution in [3.63, 3.8) is 0 Å². The zero-order chi connectivity index (χ0) is 15.8. The number of carbonyl (C=O) groups excluding carboxylic acids is 1. The summed E-state index contributed by atoms with van der Waals surface area (Å²) in [5.74, 6) is -0.00345. The fourth-order valence-electron chi connectivity index (χ4n) is 1.85. The SMILES string of the molecule is Cc1cc(NC(=O)Cn2nc(C(F)(F)F)cc2C)n(C)n1. The molecule has 0 aliphatic rings. The number of aromatic nitrogens is 4. The lowest BCUT2D eigenvalue weighted by Gasteiger charge is -2.06. The van der Waals surface area contributed by atoms with E-state index in [1.54, 1.807) is 20.0 Å². The number of hydrogen-bond acceptors (Lipinski definition) is 3. The Hall–Kier alpha value is -2.32. The quantitative estimate of drug-likeness (QED) is 0.941. The Morgan fingerprint density at radius 1 is 1.29 bits per heavy atom. The van der Waals surface area contributed by atoms with Crippen molar-refractivity contribution < 1.29 is 18.0 Å². The third-order valence-corrected chi connectivity index (χ3v) is 2.83. The molecule has 2 rings (SSSR count). The van der Waals surface area contributed by atoms with Gasteiger partial charge >= 0.3 is 6.18 Å². The molecule has 1 amide bonds. The Morgan fingerprint density at radius 3 is 2.43 bits per heavy atom. The van der Waals surface area contributed by atoms with Gasteiger partial charge in [0.05, 0.1) is 5.69 Å². The Kier molecular flexibility index (Phi) is 3.75. The van der Waals surface area contributed by atoms with E-state index in [2.05, 4.69) is 15.5 Å². The van der Waals surface area contributed by atoms with Gasteiger partial charge in [0.2, 0.25) is 5.91 Å². The molecule has 0 aliphatic carbocycles. The van der Waals surface area contributed by atoms with Crippen molar-refractivity contribution in [1.29, 1.82) is 0 Å². The van der Waals surface area contributed by atoms with Gasteiger partial charge in [-0.2, -0.15) is 23.4 Å². The van der Waals surface area contributed by atoms with Crippen LogP contribution in [0.5, 0.6) is 0 Å². The minimum absolute atomic E-state index is 0.263. The average molecular weight is 301 g/mol. The maximum absolute atomic E-state index is 12.5. The first-order chi connectivity index (χ1) is 9.66. The maximum atomic E-state index is 12.5. The van der Waals surface area contributed by atoms with Crippen LogP contribution in [0, 0.1) is 13.8 Å². The molecule has 2 aromatic heterocycles. The number of aryl methyl sites for hydroxylation is 3. The van der Waals surface area contributed by atoms with Gasteiger partial charge in [-0.15, -0.1) is 0 Å². The molecule has 2 heterocycles. The van der Waals surface area contributed by atoms with Gasteiger partial charge in [0.1, 0.15) is 12.4 Å². The second-order valence-electron chi connectivity index (χ2n) is 4.67. The number of anilines is 1. The van der Waals surface area contributed by atoms with Crippen LogP contribution >= 0.6 is 0 Å². The first-order valence-corrected chi connectivity index (χ1v) is 6.09. The van der Waals surface area contributed by atoms with Gasteiger partial charge < -0.3 is 5.32 Å². The van der Waals surface area contributed by atoms with Crippen LogP contribution in [0.3, 0.4) is 0 Å². The van der Waals surface area contributed by atoms with E-state index < -0.39 is 17.8 Å². The highest BCUT2D eigenvalue weighted by Crippen LogP contribution is 2.28. The van der Waals surface area contributed by atoms with Crippen molar-refractivity contribution in [2.24, 2.45) is 7.05 Å². The molecule has 0 atom stereocenters. The molecule has 0 saturated heterocycles. The molecule has 0 saturated carbocycles. The highest BCUT2D eigenvalue weighted by molar-refractivity contribution is 5.89. The predicted octanol–water partition coefficient (Wildman–Crippen LogP) is 1.89. The molecule has 9 heteroatoms. The Balaban J connectivity index is 2.10. The van der Waals surface area contributed by atoms with Crippen LogP contribution in [0.25, 0.3) is 0 Å². The molecule has 0 aliphatic heterocycles. The molecule has 114 valence electrons. The smallest absolute Gasteiger partial charge is 0.309 e. The van der Waals surface area contributed by atoms with Gasteiger partial charge in [0.25, 0.3) is 0 Å². The van der Waals surface area contributed by atoms with Gasteiger partial charge in [-0.1, -0.05) is 0 Å². The van der Waals surface area contributed by atoms with E-state index in [0.29, 0.717) is 5.82 Å². The molecular weight excluding hydrogens is 287 g/mol. The standard InChI is InChI=1S/C12H14F3N5O/c1-7-4-10(19(3)17-7)16-11(21)6-20-8(2)5-9(18-20)12(13,14)15/h4-5H,6H2,1-3H3,(H,16,21). The molecule has 6 nitrogen and oxygen atoms in total. The van der Waals surface area contributed by atoms with Gasteiger partial charge in [-0.3, -0.25) is 14.2 Å². The number of hydrogen-bond donors (Lipinski definition) is 1. The van der Waals surface area contributed by atoms with Crippen LogP contribution in [0.15, 0.2) is 12.1 Å². The largest absolute Gasteiger partial charge is 0.435 e. The minimum Gasteiger partial charge on any atom is -0.309 e. The highest BCUT2D eigenvalue weighted by Gasteiger charge is 2.34. The number of carbonyl (C=O) groups is 1. The van der Waals surface area contributed by atoms with E-state index in [1.807, 2.05) is 0 Å². The Bertz CT molecular complexity index is 671. The van der Waals surface area contributed by atoms with Crippen LogP contribution in [0.1, 0.15) is 17.1 Å². The predicted molar refractivity (Wildman–Crippen MR) is 68.5 cm³/mol. The topological polar surface area (TPSA) is 64.7 Å². The third-order valence-electron chi connectivity index (χ3n) is 2.83. The Morgan fingerprint density at radius 2 is 1.95 bits per heavy atom. The summed E-state index contributed by atoms with van der Waals surface area (Å²) in [6.07, 6.45) is -4.52. The first-order valence-electron chi connectivity index (χ1n) is 6.09. The Labute approximate surface area is 118 Å². The summed E-state index contributed by atoms with van der Waals surface area (Å²) in [5, 5.41) is 10.0. The lowest BCUT2D eigenvalue weighted by Crippen LogP contribution is -2.22. The third kappa shape index (κ3) is 3.41. The molecule has 0 bridgehead atoms. The summed E-state index contributed by atoms with van der Waals surface area (Å²) in [7, 11) is 1.66. The van der Waals surface area contributed by atoms with Crippen molar-refractivity contribution in [1.82, 2.24) is 19.6 Å². The van der Waals surface area contributed by atoms with Gasteiger partial charge in [-0.05, 0) is 19.9 Å². The summed E-state index contributed by atoms with van der Waals surface area (Å²) >= 11 is 0. The highest BCUT2D eigenvalue weighted by atomic mass is 19.4. The molecular formula is C12H14F3N5O. The summed E-state index contributed by atoms with van der Waals surface area (Å²) in [6.45, 7) is 2.93. The zero-order valence-corrected chi connectivity index (χ0v) is 11.7. The molecule has 0 radical (unpaired) electrons. The number of alkyl halides is 3. The minimum atomic E-state index is -4.52. The fraction of sp³-hybridized carbons (Fsp3) is 0.417. The number of rotatable bonds is 3. The number of nitrogens with one attached hydrogen (secondary N) is 1. The van der Waals surface area contributed by atoms with E-state index in [1.165, 1.54) is 11.6 Å². The monoisotopic (exact) mass is 301 g/mol. The second kappa shape index (κ2) is 5.23. The first kappa shape index (κ1) is 15.1. The summed E-state index contributed by atoms with van der Waals surface area (Å²) in [6, 6.07) is 2.57. The van der Waals surface area contributed by atoms with Crippen molar-refractivity contribution in [2.45, 2.75) is 26.6 Å². The van der Waals surface area contributed by atoms with Crippen molar-refractivity contribution in [3.05, 3.63) is 29.2 Å². The van der Waals surface area contributed by atoms with Crippen molar-refractivity contribution >= 4 is 11.7 Å². The summed E-state index contributed by atoms with van der Waals surface area (Å²) in [4.78, 5) is 11.9. The molecule has 21 heavy (non-hydrogen) atoms. The van der Waals surface area contributed by atoms with Crippen molar-refractivity contribution in [3.8, 4) is 0 Å². The van der Waals surface area contributed by atoms with Crippen LogP contribution in [-0.4, -0.2) is 25.5 Å². The van der Waals surface area contributed by atoms with Gasteiger partial charge in [0, 0.05) is 18.8 Å². The number of nitrogens with zero attached hydrogens (tertiary/aromatic N) is 4. The molecule has 0 unspecified atom stereocenters. The average Bonchev–Trinajstić information content (AvgIpc) is 2.83. The number of amides is 1. The lowest BCUT2D eigenvalue weighted by molar-refractivity contribution is -0.141. The van der Waals surface area contributed by atoms with E-state index in [4.69, 9.17) is 0 Å². The maximum Gasteiger partial charge on any atom is 0.435 e. The fourth-order valence-corrected chi connectivity index (χ4v) is 1.85. The molecule has 0 fully saturated rings. The van der Waals surface area contributed by atoms with Crippen LogP contribution in [0.2, 0.25) is 0 Å². The van der Waals surface area contributed by atoms with Crippen LogP contribution in [0.4, 0.5) is 19.0 Å². The summed E-state index contributed by atoms with van der Waals surface area (Å²) < 4.78 is 40.1. The van der Waals surface area contributed by atoms with Crippen LogP contribution in [-0.2, 0) is 24.6 Å². The van der Waals surface area contributed by atoms with E-state index in [0.717, 1.165) is 16.4 Å². The van der Waals surface area contributed by atoms with Gasteiger partial charge in [0.15, 0.2) is 5.69 Å². The lowest BCUT2D eigenvalue weighted by atomic mass is 10.3. The second-order valence-corrected chi connectivity index (χ2v) is 4.67. The van der Waals surface area contributed by atoms with Gasteiger partial charge in [-0.25, -0.2) is 0 Å².